The van der Waals surface area contributed by atoms with Crippen molar-refractivity contribution in [1.82, 2.24) is 0 Å². The number of nitro benzene ring substituents is 1. The highest BCUT2D eigenvalue weighted by molar-refractivity contribution is 5.98. The number of nitrogens with two attached hydrogens (primary N) is 1. The maximum Gasteiger partial charge on any atom is 0.305 e. The van der Waals surface area contributed by atoms with E-state index in [9.17, 15) is 10.1 Å². The van der Waals surface area contributed by atoms with Crippen molar-refractivity contribution in [3.8, 4) is 55.6 Å². The minimum absolute atomic E-state index is 0.0586. The number of para-hydroxylation sites is 1. The average molecular weight is 649 g/mol. The van der Waals surface area contributed by atoms with Crippen LogP contribution in [0.25, 0.3) is 55.6 Å². The fraction of sp³-hybridized carbons (Fsp3) is 0.182. The van der Waals surface area contributed by atoms with Crippen molar-refractivity contribution in [3.63, 3.8) is 0 Å². The zero-order valence-corrected chi connectivity index (χ0v) is 28.8. The van der Waals surface area contributed by atoms with Crippen molar-refractivity contribution in [3.05, 3.63) is 154 Å². The highest BCUT2D eigenvalue weighted by Gasteiger charge is 2.24. The van der Waals surface area contributed by atoms with Crippen molar-refractivity contribution >= 4 is 11.4 Å². The van der Waals surface area contributed by atoms with E-state index in [1.165, 1.54) is 23.3 Å². The molecule has 0 amide bonds. The van der Waals surface area contributed by atoms with E-state index in [1.807, 2.05) is 84.9 Å². The highest BCUT2D eigenvalue weighted by atomic mass is 19.1. The number of hydrogen-bond donors (Lipinski definition) is 1. The summed E-state index contributed by atoms with van der Waals surface area (Å²) in [5.74, 6) is -0.867. The van der Waals surface area contributed by atoms with Crippen LogP contribution in [-0.4, -0.2) is 4.92 Å². The van der Waals surface area contributed by atoms with Crippen LogP contribution >= 0.6 is 0 Å². The molecule has 6 aromatic carbocycles. The number of anilines is 1. The zero-order chi connectivity index (χ0) is 35.1. The molecule has 0 heterocycles. The summed E-state index contributed by atoms with van der Waals surface area (Å²) in [5, 5.41) is 11.7. The first-order valence-corrected chi connectivity index (χ1v) is 16.5. The number of nitro groups is 1. The van der Waals surface area contributed by atoms with Gasteiger partial charge in [-0.3, -0.25) is 10.1 Å². The van der Waals surface area contributed by atoms with Crippen LogP contribution in [-0.2, 0) is 10.8 Å². The Balaban J connectivity index is 1.60. The lowest BCUT2D eigenvalue weighted by Crippen LogP contribution is -2.16. The summed E-state index contributed by atoms with van der Waals surface area (Å²) in [7, 11) is 0. The molecular weight excluding hydrogens is 607 g/mol. The van der Waals surface area contributed by atoms with Gasteiger partial charge in [0.1, 0.15) is 0 Å². The maximum atomic E-state index is 15.8. The molecule has 0 atom stereocenters. The standard InChI is InChI=1S/C44H41FN2O2/c1-43(2,3)31-24-30(25-32(27-31)44(4,5)6)33-18-12-20-38(42(33)46)34-16-10-11-17-35(34)39-26-29(28-14-8-7-9-15-28)22-23-36(39)37-19-13-21-40(41(37)45)47(48)49/h7-27H,46H2,1-6H3. The lowest BCUT2D eigenvalue weighted by molar-refractivity contribution is -0.387. The number of halogens is 1. The van der Waals surface area contributed by atoms with Crippen LogP contribution in [0.1, 0.15) is 52.7 Å². The largest absolute Gasteiger partial charge is 0.398 e. The van der Waals surface area contributed by atoms with Crippen LogP contribution in [0.4, 0.5) is 15.8 Å². The topological polar surface area (TPSA) is 69.2 Å². The maximum absolute atomic E-state index is 15.8. The van der Waals surface area contributed by atoms with E-state index in [-0.39, 0.29) is 16.4 Å². The molecule has 0 aromatic heterocycles. The molecule has 0 aliphatic heterocycles. The first kappa shape index (κ1) is 33.4. The summed E-state index contributed by atoms with van der Waals surface area (Å²) >= 11 is 0. The molecule has 0 unspecified atom stereocenters. The van der Waals surface area contributed by atoms with E-state index < -0.39 is 16.4 Å². The summed E-state index contributed by atoms with van der Waals surface area (Å²) in [6.07, 6.45) is 0. The molecule has 0 aliphatic rings. The van der Waals surface area contributed by atoms with Gasteiger partial charge in [0.15, 0.2) is 0 Å². The predicted molar refractivity (Wildman–Crippen MR) is 202 cm³/mol. The van der Waals surface area contributed by atoms with Crippen LogP contribution in [0, 0.1) is 15.9 Å². The quantitative estimate of drug-likeness (QED) is 0.111. The third-order valence-electron chi connectivity index (χ3n) is 9.18. The van der Waals surface area contributed by atoms with Crippen molar-refractivity contribution in [2.45, 2.75) is 52.4 Å². The molecule has 0 saturated heterocycles. The van der Waals surface area contributed by atoms with Gasteiger partial charge in [0.2, 0.25) is 5.82 Å². The number of hydrogen-bond acceptors (Lipinski definition) is 3. The smallest absolute Gasteiger partial charge is 0.305 e. The lowest BCUT2D eigenvalue weighted by atomic mass is 9.78. The second kappa shape index (κ2) is 12.8. The van der Waals surface area contributed by atoms with Gasteiger partial charge in [0.25, 0.3) is 0 Å². The Morgan fingerprint density at radius 1 is 0.510 bits per heavy atom. The van der Waals surface area contributed by atoms with Gasteiger partial charge in [-0.2, -0.15) is 4.39 Å². The Kier molecular flexibility index (Phi) is 8.72. The second-order valence-electron chi connectivity index (χ2n) is 14.6. The molecule has 49 heavy (non-hydrogen) atoms. The summed E-state index contributed by atoms with van der Waals surface area (Å²) in [5.41, 5.74) is 17.5. The van der Waals surface area contributed by atoms with Gasteiger partial charge in [-0.05, 0) is 67.0 Å². The van der Waals surface area contributed by atoms with Gasteiger partial charge in [0.05, 0.1) is 4.92 Å². The lowest BCUT2D eigenvalue weighted by Gasteiger charge is -2.27. The molecular formula is C44H41FN2O2. The SMILES string of the molecule is CC(C)(C)c1cc(-c2cccc(-c3ccccc3-c3cc(-c4ccccc4)ccc3-c3cccc([N+](=O)[O-])c3F)c2N)cc(C(C)(C)C)c1. The van der Waals surface area contributed by atoms with Gasteiger partial charge < -0.3 is 5.73 Å². The van der Waals surface area contributed by atoms with Crippen molar-refractivity contribution in [2.75, 3.05) is 5.73 Å². The highest BCUT2D eigenvalue weighted by Crippen LogP contribution is 2.45. The van der Waals surface area contributed by atoms with Crippen molar-refractivity contribution in [1.29, 1.82) is 0 Å². The van der Waals surface area contributed by atoms with E-state index >= 15 is 4.39 Å². The Labute approximate surface area is 288 Å². The van der Waals surface area contributed by atoms with E-state index in [0.717, 1.165) is 44.5 Å². The first-order chi connectivity index (χ1) is 23.2. The predicted octanol–water partition coefficient (Wildman–Crippen LogP) is 12.2. The third-order valence-corrected chi connectivity index (χ3v) is 9.18. The summed E-state index contributed by atoms with van der Waals surface area (Å²) < 4.78 is 15.8. The van der Waals surface area contributed by atoms with Gasteiger partial charge in [-0.1, -0.05) is 157 Å². The molecule has 2 N–H and O–H groups in total. The van der Waals surface area contributed by atoms with Crippen LogP contribution in [0.3, 0.4) is 0 Å². The van der Waals surface area contributed by atoms with Crippen LogP contribution < -0.4 is 5.73 Å². The third kappa shape index (κ3) is 6.62. The Morgan fingerprint density at radius 2 is 1.02 bits per heavy atom. The van der Waals surface area contributed by atoms with Gasteiger partial charge in [-0.15, -0.1) is 0 Å². The second-order valence-corrected chi connectivity index (χ2v) is 14.6. The van der Waals surface area contributed by atoms with E-state index in [0.29, 0.717) is 11.3 Å². The number of rotatable bonds is 6. The monoisotopic (exact) mass is 648 g/mol. The minimum atomic E-state index is -0.867. The molecule has 0 radical (unpaired) electrons. The summed E-state index contributed by atoms with van der Waals surface area (Å²) in [4.78, 5) is 11.0. The van der Waals surface area contributed by atoms with Gasteiger partial charge in [-0.25, -0.2) is 0 Å². The number of benzene rings is 6. The zero-order valence-electron chi connectivity index (χ0n) is 28.8. The fourth-order valence-electron chi connectivity index (χ4n) is 6.33. The van der Waals surface area contributed by atoms with Gasteiger partial charge >= 0.3 is 5.69 Å². The fourth-order valence-corrected chi connectivity index (χ4v) is 6.33. The number of nitrogens with zero attached hydrogens (tertiary/aromatic N) is 1. The molecule has 0 fully saturated rings. The van der Waals surface area contributed by atoms with E-state index in [4.69, 9.17) is 5.73 Å². The minimum Gasteiger partial charge on any atom is -0.398 e. The Hall–Kier alpha value is -5.55. The van der Waals surface area contributed by atoms with E-state index in [2.05, 4.69) is 65.8 Å². The average Bonchev–Trinajstić information content (AvgIpc) is 3.07. The summed E-state index contributed by atoms with van der Waals surface area (Å²) in [6.45, 7) is 13.3. The molecule has 0 saturated carbocycles. The molecule has 4 nitrogen and oxygen atoms in total. The number of nitrogen functional groups attached to an aromatic ring is 1. The molecule has 0 spiro atoms. The molecule has 0 bridgehead atoms. The molecule has 6 aromatic rings. The Morgan fingerprint density at radius 3 is 1.63 bits per heavy atom. The van der Waals surface area contributed by atoms with Crippen LogP contribution in [0.5, 0.6) is 0 Å². The Bertz CT molecular complexity index is 2160. The van der Waals surface area contributed by atoms with Gasteiger partial charge in [0, 0.05) is 28.4 Å². The molecule has 0 aliphatic carbocycles. The first-order valence-electron chi connectivity index (χ1n) is 16.5. The van der Waals surface area contributed by atoms with Crippen LogP contribution in [0.2, 0.25) is 0 Å². The van der Waals surface area contributed by atoms with Crippen molar-refractivity contribution in [2.24, 2.45) is 0 Å². The molecule has 5 heteroatoms. The van der Waals surface area contributed by atoms with Crippen molar-refractivity contribution < 1.29 is 9.31 Å². The van der Waals surface area contributed by atoms with E-state index in [1.54, 1.807) is 6.07 Å². The molecule has 6 rings (SSSR count). The summed E-state index contributed by atoms with van der Waals surface area (Å²) in [6, 6.07) is 40.9. The molecule has 246 valence electrons. The van der Waals surface area contributed by atoms with Crippen LogP contribution in [0.15, 0.2) is 127 Å². The normalized spacial score (nSPS) is 11.8.